The molecule has 1 aromatic carbocycles. The minimum Gasteiger partial charge on any atom is -0.316 e. The Labute approximate surface area is 116 Å². The first-order chi connectivity index (χ1) is 8.75. The van der Waals surface area contributed by atoms with Crippen LogP contribution in [0.25, 0.3) is 0 Å². The van der Waals surface area contributed by atoms with Gasteiger partial charge in [-0.25, -0.2) is 0 Å². The van der Waals surface area contributed by atoms with Crippen molar-refractivity contribution in [3.05, 3.63) is 29.3 Å². The molecule has 0 atom stereocenters. The number of rotatable bonds is 6. The number of aryl methyl sites for hydroxylation is 2. The van der Waals surface area contributed by atoms with Crippen molar-refractivity contribution in [1.82, 2.24) is 5.32 Å². The highest BCUT2D eigenvalue weighted by molar-refractivity contribution is 7.99. The summed E-state index contributed by atoms with van der Waals surface area (Å²) >= 11 is 1.98. The van der Waals surface area contributed by atoms with Gasteiger partial charge in [0.1, 0.15) is 0 Å². The lowest BCUT2D eigenvalue weighted by molar-refractivity contribution is 0.500. The average Bonchev–Trinajstić information content (AvgIpc) is 2.84. The fourth-order valence-corrected chi connectivity index (χ4v) is 3.63. The third-order valence-electron chi connectivity index (χ3n) is 3.77. The highest BCUT2D eigenvalue weighted by Gasteiger charge is 2.13. The molecule has 0 amide bonds. The molecule has 0 spiro atoms. The molecule has 0 unspecified atom stereocenters. The van der Waals surface area contributed by atoms with Crippen LogP contribution in [0.2, 0.25) is 0 Å². The first kappa shape index (κ1) is 14.0. The Morgan fingerprint density at radius 3 is 2.72 bits per heavy atom. The van der Waals surface area contributed by atoms with E-state index in [4.69, 9.17) is 0 Å². The van der Waals surface area contributed by atoms with E-state index in [1.807, 2.05) is 11.8 Å². The van der Waals surface area contributed by atoms with Gasteiger partial charge in [0, 0.05) is 17.2 Å². The van der Waals surface area contributed by atoms with E-state index in [-0.39, 0.29) is 0 Å². The summed E-state index contributed by atoms with van der Waals surface area (Å²) in [6.07, 6.45) is 5.78. The minimum absolute atomic E-state index is 0.955. The van der Waals surface area contributed by atoms with Crippen LogP contribution in [-0.4, -0.2) is 18.8 Å². The van der Waals surface area contributed by atoms with Crippen LogP contribution < -0.4 is 5.32 Å². The summed E-state index contributed by atoms with van der Waals surface area (Å²) in [5, 5.41) is 3.61. The van der Waals surface area contributed by atoms with Gasteiger partial charge in [-0.1, -0.05) is 30.5 Å². The predicted octanol–water partition coefficient (Wildman–Crippen LogP) is 4.18. The molecule has 2 heteroatoms. The lowest BCUT2D eigenvalue weighted by Crippen LogP contribution is -2.23. The average molecular weight is 263 g/mol. The maximum absolute atomic E-state index is 3.61. The Hall–Kier alpha value is -0.470. The van der Waals surface area contributed by atoms with Crippen molar-refractivity contribution in [2.24, 2.45) is 5.92 Å². The van der Waals surface area contributed by atoms with Crippen LogP contribution in [0.1, 0.15) is 36.8 Å². The second-order valence-corrected chi connectivity index (χ2v) is 6.61. The van der Waals surface area contributed by atoms with Crippen LogP contribution in [0, 0.1) is 19.8 Å². The Balaban J connectivity index is 1.62. The molecule has 0 aromatic heterocycles. The molecule has 0 radical (unpaired) electrons. The molecule has 1 N–H and O–H groups in total. The van der Waals surface area contributed by atoms with Gasteiger partial charge in [0.05, 0.1) is 0 Å². The van der Waals surface area contributed by atoms with E-state index >= 15 is 0 Å². The highest BCUT2D eigenvalue weighted by Crippen LogP contribution is 2.24. The second kappa shape index (κ2) is 7.20. The Morgan fingerprint density at radius 2 is 2.00 bits per heavy atom. The van der Waals surface area contributed by atoms with E-state index < -0.39 is 0 Å². The lowest BCUT2D eigenvalue weighted by atomic mass is 10.1. The van der Waals surface area contributed by atoms with Gasteiger partial charge < -0.3 is 5.32 Å². The van der Waals surface area contributed by atoms with Crippen molar-refractivity contribution in [3.63, 3.8) is 0 Å². The molecule has 0 saturated heterocycles. The zero-order valence-corrected chi connectivity index (χ0v) is 12.5. The number of hydrogen-bond donors (Lipinski definition) is 1. The first-order valence-electron chi connectivity index (χ1n) is 7.16. The molecule has 1 aliphatic rings. The maximum Gasteiger partial charge on any atom is 0.0106 e. The van der Waals surface area contributed by atoms with Crippen LogP contribution in [0.15, 0.2) is 23.1 Å². The van der Waals surface area contributed by atoms with Crippen LogP contribution in [0.5, 0.6) is 0 Å². The minimum atomic E-state index is 0.955. The van der Waals surface area contributed by atoms with Gasteiger partial charge in [-0.3, -0.25) is 0 Å². The first-order valence-corrected chi connectivity index (χ1v) is 8.15. The summed E-state index contributed by atoms with van der Waals surface area (Å²) in [5.74, 6) is 2.13. The zero-order chi connectivity index (χ0) is 12.8. The largest absolute Gasteiger partial charge is 0.316 e. The molecule has 18 heavy (non-hydrogen) atoms. The van der Waals surface area contributed by atoms with Crippen molar-refractivity contribution < 1.29 is 0 Å². The van der Waals surface area contributed by atoms with Crippen molar-refractivity contribution in [3.8, 4) is 0 Å². The molecular formula is C16H25NS. The van der Waals surface area contributed by atoms with Crippen molar-refractivity contribution in [2.45, 2.75) is 44.4 Å². The highest BCUT2D eigenvalue weighted by atomic mass is 32.2. The molecule has 1 aromatic rings. The van der Waals surface area contributed by atoms with Crippen LogP contribution in [0.4, 0.5) is 0 Å². The Morgan fingerprint density at radius 1 is 1.22 bits per heavy atom. The molecule has 0 bridgehead atoms. The van der Waals surface area contributed by atoms with Crippen LogP contribution >= 0.6 is 11.8 Å². The number of benzene rings is 1. The normalized spacial score (nSPS) is 16.3. The predicted molar refractivity (Wildman–Crippen MR) is 81.5 cm³/mol. The number of nitrogens with one attached hydrogen (secondary N) is 1. The van der Waals surface area contributed by atoms with Gasteiger partial charge in [-0.15, -0.1) is 11.8 Å². The van der Waals surface area contributed by atoms with Gasteiger partial charge in [0.15, 0.2) is 0 Å². The topological polar surface area (TPSA) is 12.0 Å². The smallest absolute Gasteiger partial charge is 0.0106 e. The van der Waals surface area contributed by atoms with E-state index in [2.05, 4.69) is 37.4 Å². The summed E-state index contributed by atoms with van der Waals surface area (Å²) in [4.78, 5) is 1.43. The van der Waals surface area contributed by atoms with Gasteiger partial charge >= 0.3 is 0 Å². The summed E-state index contributed by atoms with van der Waals surface area (Å²) < 4.78 is 0. The zero-order valence-electron chi connectivity index (χ0n) is 11.7. The Kier molecular flexibility index (Phi) is 5.58. The molecule has 100 valence electrons. The quantitative estimate of drug-likeness (QED) is 0.610. The van der Waals surface area contributed by atoms with Gasteiger partial charge in [0.25, 0.3) is 0 Å². The number of thioether (sulfide) groups is 1. The molecule has 1 saturated carbocycles. The lowest BCUT2D eigenvalue weighted by Gasteiger charge is -2.11. The molecule has 2 rings (SSSR count). The summed E-state index contributed by atoms with van der Waals surface area (Å²) in [6.45, 7) is 6.73. The van der Waals surface area contributed by atoms with E-state index in [1.165, 1.54) is 54.0 Å². The van der Waals surface area contributed by atoms with E-state index in [0.29, 0.717) is 0 Å². The maximum atomic E-state index is 3.61. The second-order valence-electron chi connectivity index (χ2n) is 5.47. The fraction of sp³-hybridized carbons (Fsp3) is 0.625. The third kappa shape index (κ3) is 4.33. The molecular weight excluding hydrogens is 238 g/mol. The van der Waals surface area contributed by atoms with Crippen molar-refractivity contribution >= 4 is 11.8 Å². The molecule has 0 heterocycles. The van der Waals surface area contributed by atoms with Crippen molar-refractivity contribution in [1.29, 1.82) is 0 Å². The summed E-state index contributed by atoms with van der Waals surface area (Å²) in [6, 6.07) is 6.74. The van der Waals surface area contributed by atoms with E-state index in [9.17, 15) is 0 Å². The fourth-order valence-electron chi connectivity index (χ4n) is 2.72. The van der Waals surface area contributed by atoms with E-state index in [0.717, 1.165) is 12.5 Å². The SMILES string of the molecule is Cc1ccc(SCCNCC2CCCC2)c(C)c1. The standard InChI is InChI=1S/C16H25NS/c1-13-7-8-16(14(2)11-13)18-10-9-17-12-15-5-3-4-6-15/h7-8,11,15,17H,3-6,9-10,12H2,1-2H3. The monoisotopic (exact) mass is 263 g/mol. The van der Waals surface area contributed by atoms with Gasteiger partial charge in [-0.05, 0) is 50.8 Å². The third-order valence-corrected chi connectivity index (χ3v) is 4.95. The number of hydrogen-bond acceptors (Lipinski definition) is 2. The van der Waals surface area contributed by atoms with Gasteiger partial charge in [-0.2, -0.15) is 0 Å². The molecule has 1 aliphatic carbocycles. The molecule has 1 nitrogen and oxygen atoms in total. The van der Waals surface area contributed by atoms with Crippen LogP contribution in [-0.2, 0) is 0 Å². The summed E-state index contributed by atoms with van der Waals surface area (Å²) in [5.41, 5.74) is 2.77. The van der Waals surface area contributed by atoms with Crippen LogP contribution in [0.3, 0.4) is 0 Å². The van der Waals surface area contributed by atoms with Gasteiger partial charge in [0.2, 0.25) is 0 Å². The molecule has 1 fully saturated rings. The van der Waals surface area contributed by atoms with E-state index in [1.54, 1.807) is 0 Å². The van der Waals surface area contributed by atoms with Crippen molar-refractivity contribution in [2.75, 3.05) is 18.8 Å². The summed E-state index contributed by atoms with van der Waals surface area (Å²) in [7, 11) is 0. The Bertz CT molecular complexity index is 369. The molecule has 0 aliphatic heterocycles.